The number of carbonyl (C=O) groups excluding carboxylic acids is 1. The standard InChI is InChI=1S/C14H15ClN4O4/c1-8-14(9(2)18(3)17-8)16-13(20)7-23-12-5-4-10(19(21)22)6-11(12)15/h4-6H,7H2,1-3H3,(H,16,20). The van der Waals surface area contributed by atoms with Crippen LogP contribution in [0.25, 0.3) is 0 Å². The molecule has 0 fully saturated rings. The number of nitrogens with one attached hydrogen (secondary N) is 1. The number of ether oxygens (including phenoxy) is 1. The highest BCUT2D eigenvalue weighted by Crippen LogP contribution is 2.28. The number of hydrogen-bond acceptors (Lipinski definition) is 5. The minimum absolute atomic E-state index is 0.0701. The van der Waals surface area contributed by atoms with Gasteiger partial charge < -0.3 is 10.1 Å². The number of aryl methyl sites for hydroxylation is 2. The number of amides is 1. The summed E-state index contributed by atoms with van der Waals surface area (Å²) in [6.45, 7) is 3.35. The number of nitrogens with zero attached hydrogens (tertiary/aromatic N) is 3. The fourth-order valence-electron chi connectivity index (χ4n) is 1.99. The van der Waals surface area contributed by atoms with Crippen LogP contribution in [0.1, 0.15) is 11.4 Å². The summed E-state index contributed by atoms with van der Waals surface area (Å²) in [6.07, 6.45) is 0. The van der Waals surface area contributed by atoms with Crippen LogP contribution >= 0.6 is 11.6 Å². The normalized spacial score (nSPS) is 10.4. The lowest BCUT2D eigenvalue weighted by Crippen LogP contribution is -2.21. The zero-order valence-electron chi connectivity index (χ0n) is 12.8. The molecule has 0 bridgehead atoms. The van der Waals surface area contributed by atoms with E-state index < -0.39 is 4.92 Å². The molecule has 0 aliphatic heterocycles. The van der Waals surface area contributed by atoms with Gasteiger partial charge in [0.2, 0.25) is 0 Å². The van der Waals surface area contributed by atoms with E-state index in [0.29, 0.717) is 11.4 Å². The molecule has 122 valence electrons. The second-order valence-corrected chi connectivity index (χ2v) is 5.29. The van der Waals surface area contributed by atoms with Gasteiger partial charge in [0.1, 0.15) is 5.75 Å². The predicted octanol–water partition coefficient (Wildman–Crippen LogP) is 2.62. The van der Waals surface area contributed by atoms with Gasteiger partial charge in [0, 0.05) is 19.2 Å². The molecule has 1 aromatic heterocycles. The van der Waals surface area contributed by atoms with E-state index in [1.165, 1.54) is 18.2 Å². The van der Waals surface area contributed by atoms with Crippen LogP contribution in [-0.4, -0.2) is 27.2 Å². The summed E-state index contributed by atoms with van der Waals surface area (Å²) in [4.78, 5) is 22.0. The lowest BCUT2D eigenvalue weighted by atomic mass is 10.3. The van der Waals surface area contributed by atoms with Gasteiger partial charge in [0.25, 0.3) is 11.6 Å². The lowest BCUT2D eigenvalue weighted by molar-refractivity contribution is -0.384. The monoisotopic (exact) mass is 338 g/mol. The van der Waals surface area contributed by atoms with Crippen LogP contribution in [0.5, 0.6) is 5.75 Å². The van der Waals surface area contributed by atoms with E-state index >= 15 is 0 Å². The molecule has 0 saturated heterocycles. The molecule has 2 rings (SSSR count). The van der Waals surface area contributed by atoms with Crippen LogP contribution < -0.4 is 10.1 Å². The number of nitro benzene ring substituents is 1. The molecular weight excluding hydrogens is 324 g/mol. The third kappa shape index (κ3) is 3.78. The molecule has 0 aliphatic rings. The molecule has 23 heavy (non-hydrogen) atoms. The molecule has 0 aliphatic carbocycles. The van der Waals surface area contributed by atoms with E-state index in [2.05, 4.69) is 10.4 Å². The van der Waals surface area contributed by atoms with Crippen molar-refractivity contribution in [3.05, 3.63) is 44.7 Å². The van der Waals surface area contributed by atoms with Crippen LogP contribution in [0, 0.1) is 24.0 Å². The van der Waals surface area contributed by atoms with Crippen molar-refractivity contribution in [2.24, 2.45) is 7.05 Å². The number of hydrogen-bond donors (Lipinski definition) is 1. The van der Waals surface area contributed by atoms with E-state index in [-0.39, 0.29) is 29.0 Å². The van der Waals surface area contributed by atoms with E-state index in [4.69, 9.17) is 16.3 Å². The Bertz CT molecular complexity index is 772. The number of rotatable bonds is 5. The first-order valence-corrected chi connectivity index (χ1v) is 7.04. The fraction of sp³-hybridized carbons (Fsp3) is 0.286. The Hall–Kier alpha value is -2.61. The molecule has 2 aromatic rings. The van der Waals surface area contributed by atoms with Crippen molar-refractivity contribution in [2.45, 2.75) is 13.8 Å². The maximum atomic E-state index is 12.0. The maximum Gasteiger partial charge on any atom is 0.271 e. The van der Waals surface area contributed by atoms with E-state index in [0.717, 1.165) is 5.69 Å². The summed E-state index contributed by atoms with van der Waals surface area (Å²) < 4.78 is 6.96. The Balaban J connectivity index is 2.01. The summed E-state index contributed by atoms with van der Waals surface area (Å²) in [5.74, 6) is -0.175. The number of halogens is 1. The minimum atomic E-state index is -0.559. The van der Waals surface area contributed by atoms with Gasteiger partial charge in [0.05, 0.1) is 27.0 Å². The van der Waals surface area contributed by atoms with Gasteiger partial charge in [0.15, 0.2) is 6.61 Å². The van der Waals surface area contributed by atoms with Crippen molar-refractivity contribution >= 4 is 28.9 Å². The number of aromatic nitrogens is 2. The first kappa shape index (κ1) is 16.8. The summed E-state index contributed by atoms with van der Waals surface area (Å²) in [7, 11) is 1.78. The SMILES string of the molecule is Cc1nn(C)c(C)c1NC(=O)COc1ccc([N+](=O)[O-])cc1Cl. The number of non-ortho nitro benzene ring substituents is 1. The lowest BCUT2D eigenvalue weighted by Gasteiger charge is -2.09. The number of nitro groups is 1. The third-order valence-corrected chi connectivity index (χ3v) is 3.55. The van der Waals surface area contributed by atoms with Gasteiger partial charge in [-0.25, -0.2) is 0 Å². The van der Waals surface area contributed by atoms with Gasteiger partial charge in [-0.2, -0.15) is 5.10 Å². The van der Waals surface area contributed by atoms with Gasteiger partial charge in [-0.3, -0.25) is 19.6 Å². The van der Waals surface area contributed by atoms with E-state index in [9.17, 15) is 14.9 Å². The summed E-state index contributed by atoms with van der Waals surface area (Å²) >= 11 is 5.90. The van der Waals surface area contributed by atoms with Crippen LogP contribution in [0.2, 0.25) is 5.02 Å². The molecule has 8 nitrogen and oxygen atoms in total. The molecule has 0 unspecified atom stereocenters. The van der Waals surface area contributed by atoms with Crippen molar-refractivity contribution in [3.8, 4) is 5.75 Å². The molecule has 1 N–H and O–H groups in total. The summed E-state index contributed by atoms with van der Waals surface area (Å²) in [5.41, 5.74) is 2.01. The van der Waals surface area contributed by atoms with Crippen molar-refractivity contribution in [3.63, 3.8) is 0 Å². The molecule has 0 spiro atoms. The Labute approximate surface area is 137 Å². The Morgan fingerprint density at radius 3 is 2.70 bits per heavy atom. The van der Waals surface area contributed by atoms with Crippen LogP contribution in [0.15, 0.2) is 18.2 Å². The second kappa shape index (κ2) is 6.66. The van der Waals surface area contributed by atoms with Crippen LogP contribution in [0.4, 0.5) is 11.4 Å². The van der Waals surface area contributed by atoms with Gasteiger partial charge in [-0.05, 0) is 19.9 Å². The Morgan fingerprint density at radius 2 is 2.17 bits per heavy atom. The molecular formula is C14H15ClN4O4. The highest BCUT2D eigenvalue weighted by molar-refractivity contribution is 6.32. The summed E-state index contributed by atoms with van der Waals surface area (Å²) in [5, 5.41) is 17.6. The van der Waals surface area contributed by atoms with Gasteiger partial charge in [-0.1, -0.05) is 11.6 Å². The molecule has 0 atom stereocenters. The fourth-order valence-corrected chi connectivity index (χ4v) is 2.22. The number of benzene rings is 1. The quantitative estimate of drug-likeness (QED) is 0.667. The summed E-state index contributed by atoms with van der Waals surface area (Å²) in [6, 6.07) is 3.78. The van der Waals surface area contributed by atoms with E-state index in [1.54, 1.807) is 18.7 Å². The van der Waals surface area contributed by atoms with Gasteiger partial charge in [-0.15, -0.1) is 0 Å². The average Bonchev–Trinajstić information content (AvgIpc) is 2.72. The third-order valence-electron chi connectivity index (χ3n) is 3.26. The first-order chi connectivity index (χ1) is 10.8. The van der Waals surface area contributed by atoms with Crippen molar-refractivity contribution in [2.75, 3.05) is 11.9 Å². The molecule has 0 radical (unpaired) electrons. The highest BCUT2D eigenvalue weighted by atomic mass is 35.5. The molecule has 1 aromatic carbocycles. The first-order valence-electron chi connectivity index (χ1n) is 6.66. The van der Waals surface area contributed by atoms with Crippen molar-refractivity contribution in [1.82, 2.24) is 9.78 Å². The van der Waals surface area contributed by atoms with Crippen molar-refractivity contribution in [1.29, 1.82) is 0 Å². The second-order valence-electron chi connectivity index (χ2n) is 4.88. The maximum absolute atomic E-state index is 12.0. The molecule has 1 heterocycles. The topological polar surface area (TPSA) is 99.3 Å². The minimum Gasteiger partial charge on any atom is -0.482 e. The average molecular weight is 339 g/mol. The molecule has 1 amide bonds. The zero-order chi connectivity index (χ0) is 17.1. The molecule has 0 saturated carbocycles. The largest absolute Gasteiger partial charge is 0.482 e. The Morgan fingerprint density at radius 1 is 1.48 bits per heavy atom. The van der Waals surface area contributed by atoms with Crippen LogP contribution in [-0.2, 0) is 11.8 Å². The van der Waals surface area contributed by atoms with E-state index in [1.807, 2.05) is 6.92 Å². The van der Waals surface area contributed by atoms with Gasteiger partial charge >= 0.3 is 0 Å². The van der Waals surface area contributed by atoms with Crippen LogP contribution in [0.3, 0.4) is 0 Å². The Kier molecular flexibility index (Phi) is 4.85. The molecule has 9 heteroatoms. The number of carbonyl (C=O) groups is 1. The van der Waals surface area contributed by atoms with Crippen molar-refractivity contribution < 1.29 is 14.5 Å². The predicted molar refractivity (Wildman–Crippen MR) is 84.9 cm³/mol. The highest BCUT2D eigenvalue weighted by Gasteiger charge is 2.14. The number of anilines is 1. The zero-order valence-corrected chi connectivity index (χ0v) is 13.5. The smallest absolute Gasteiger partial charge is 0.271 e.